The van der Waals surface area contributed by atoms with Crippen LogP contribution in [-0.2, 0) is 19.4 Å². The zero-order valence-electron chi connectivity index (χ0n) is 13.2. The number of aromatic nitrogens is 3. The first-order valence-electron chi connectivity index (χ1n) is 7.91. The van der Waals surface area contributed by atoms with E-state index in [0.717, 1.165) is 54.7 Å². The summed E-state index contributed by atoms with van der Waals surface area (Å²) in [6.07, 6.45) is 7.40. The van der Waals surface area contributed by atoms with Crippen molar-refractivity contribution in [2.75, 3.05) is 5.73 Å². The fraction of sp³-hybridized carbons (Fsp3) is 0.471. The Morgan fingerprint density at radius 3 is 2.77 bits per heavy atom. The molecule has 0 saturated heterocycles. The minimum atomic E-state index is 0.349. The molecule has 0 atom stereocenters. The first-order valence-corrected chi connectivity index (χ1v) is 7.91. The van der Waals surface area contributed by atoms with Gasteiger partial charge in [-0.2, -0.15) is 10.4 Å². The third kappa shape index (κ3) is 2.35. The monoisotopic (exact) mass is 295 g/mol. The van der Waals surface area contributed by atoms with Gasteiger partial charge in [-0.3, -0.25) is 4.68 Å². The highest BCUT2D eigenvalue weighted by Crippen LogP contribution is 2.36. The van der Waals surface area contributed by atoms with Gasteiger partial charge in [0.05, 0.1) is 5.69 Å². The van der Waals surface area contributed by atoms with Crippen LogP contribution in [0.3, 0.4) is 0 Å². The first kappa shape index (κ1) is 14.6. The quantitative estimate of drug-likeness (QED) is 0.864. The molecule has 5 heteroatoms. The van der Waals surface area contributed by atoms with Crippen LogP contribution in [0, 0.1) is 18.3 Å². The summed E-state index contributed by atoms with van der Waals surface area (Å²) in [5.41, 5.74) is 11.8. The van der Waals surface area contributed by atoms with E-state index in [1.54, 1.807) is 0 Å². The van der Waals surface area contributed by atoms with Crippen molar-refractivity contribution in [2.45, 2.75) is 52.5 Å². The lowest BCUT2D eigenvalue weighted by molar-refractivity contribution is 0.653. The number of fused-ring (bicyclic) bond motifs is 1. The van der Waals surface area contributed by atoms with E-state index in [-0.39, 0.29) is 0 Å². The van der Waals surface area contributed by atoms with Crippen molar-refractivity contribution in [1.82, 2.24) is 14.8 Å². The molecule has 3 rings (SSSR count). The Morgan fingerprint density at radius 2 is 2.09 bits per heavy atom. The fourth-order valence-electron chi connectivity index (χ4n) is 3.27. The predicted molar refractivity (Wildman–Crippen MR) is 86.3 cm³/mol. The molecule has 0 saturated carbocycles. The number of nitrogens with two attached hydrogens (primary N) is 1. The van der Waals surface area contributed by atoms with Crippen molar-refractivity contribution in [3.8, 4) is 17.2 Å². The van der Waals surface area contributed by atoms with Crippen LogP contribution in [0.2, 0.25) is 0 Å². The first-order chi connectivity index (χ1) is 10.7. The lowest BCUT2D eigenvalue weighted by atomic mass is 9.92. The van der Waals surface area contributed by atoms with Crippen LogP contribution in [-0.4, -0.2) is 14.8 Å². The second kappa shape index (κ2) is 5.80. The maximum absolute atomic E-state index is 9.59. The fourth-order valence-corrected chi connectivity index (χ4v) is 3.27. The van der Waals surface area contributed by atoms with Crippen molar-refractivity contribution in [1.29, 1.82) is 5.26 Å². The molecule has 2 aromatic rings. The molecule has 1 aliphatic rings. The molecule has 2 N–H and O–H groups in total. The molecule has 2 heterocycles. The standard InChI is InChI=1S/C17H21N5/c1-3-22-10-14(11(2)21-22)16-12-7-5-4-6-8-15(12)20-17(19)13(16)9-18/h10H,3-8H2,1-2H3,(H2,19,20). The number of pyridine rings is 1. The van der Waals surface area contributed by atoms with E-state index in [1.807, 2.05) is 17.8 Å². The van der Waals surface area contributed by atoms with Gasteiger partial charge in [-0.1, -0.05) is 6.42 Å². The van der Waals surface area contributed by atoms with Crippen molar-refractivity contribution >= 4 is 5.82 Å². The lowest BCUT2D eigenvalue weighted by Gasteiger charge is -2.15. The van der Waals surface area contributed by atoms with Gasteiger partial charge in [-0.25, -0.2) is 4.98 Å². The van der Waals surface area contributed by atoms with Gasteiger partial charge in [0.1, 0.15) is 17.5 Å². The Kier molecular flexibility index (Phi) is 3.84. The van der Waals surface area contributed by atoms with Crippen molar-refractivity contribution in [3.63, 3.8) is 0 Å². The molecule has 2 aromatic heterocycles. The Morgan fingerprint density at radius 1 is 1.32 bits per heavy atom. The van der Waals surface area contributed by atoms with Crippen LogP contribution >= 0.6 is 0 Å². The average molecular weight is 295 g/mol. The Labute approximate surface area is 130 Å². The molecule has 0 unspecified atom stereocenters. The van der Waals surface area contributed by atoms with Crippen molar-refractivity contribution in [2.24, 2.45) is 0 Å². The van der Waals surface area contributed by atoms with E-state index < -0.39 is 0 Å². The van der Waals surface area contributed by atoms with Gasteiger partial charge in [0, 0.05) is 29.6 Å². The van der Waals surface area contributed by atoms with Gasteiger partial charge in [0.2, 0.25) is 0 Å². The van der Waals surface area contributed by atoms with Crippen molar-refractivity contribution < 1.29 is 0 Å². The third-order valence-electron chi connectivity index (χ3n) is 4.40. The van der Waals surface area contributed by atoms with Crippen LogP contribution in [0.5, 0.6) is 0 Å². The summed E-state index contributed by atoms with van der Waals surface area (Å²) in [5.74, 6) is 0.349. The van der Waals surface area contributed by atoms with Gasteiger partial charge in [-0.05, 0) is 45.1 Å². The van der Waals surface area contributed by atoms with E-state index in [4.69, 9.17) is 5.73 Å². The predicted octanol–water partition coefficient (Wildman–Crippen LogP) is 3.00. The summed E-state index contributed by atoms with van der Waals surface area (Å²) < 4.78 is 1.91. The summed E-state index contributed by atoms with van der Waals surface area (Å²) in [7, 11) is 0. The minimum Gasteiger partial charge on any atom is -0.383 e. The molecule has 114 valence electrons. The van der Waals surface area contributed by atoms with E-state index in [9.17, 15) is 5.26 Å². The smallest absolute Gasteiger partial charge is 0.142 e. The van der Waals surface area contributed by atoms with Gasteiger partial charge in [0.25, 0.3) is 0 Å². The Hall–Kier alpha value is -2.35. The van der Waals surface area contributed by atoms with E-state index in [0.29, 0.717) is 11.4 Å². The maximum Gasteiger partial charge on any atom is 0.142 e. The summed E-state index contributed by atoms with van der Waals surface area (Å²) in [4.78, 5) is 4.52. The zero-order valence-corrected chi connectivity index (χ0v) is 13.2. The minimum absolute atomic E-state index is 0.349. The second-order valence-corrected chi connectivity index (χ2v) is 5.83. The Balaban J connectivity index is 2.30. The number of nitrogen functional groups attached to an aromatic ring is 1. The molecule has 1 aliphatic carbocycles. The number of hydrogen-bond donors (Lipinski definition) is 1. The summed E-state index contributed by atoms with van der Waals surface area (Å²) in [6.45, 7) is 4.86. The molecular formula is C17H21N5. The van der Waals surface area contributed by atoms with Gasteiger partial charge in [-0.15, -0.1) is 0 Å². The van der Waals surface area contributed by atoms with Crippen LogP contribution < -0.4 is 5.73 Å². The number of aryl methyl sites for hydroxylation is 3. The highest BCUT2D eigenvalue weighted by molar-refractivity contribution is 5.80. The second-order valence-electron chi connectivity index (χ2n) is 5.83. The van der Waals surface area contributed by atoms with Gasteiger partial charge >= 0.3 is 0 Å². The SMILES string of the molecule is CCn1cc(-c2c(C#N)c(N)nc3c2CCCCC3)c(C)n1. The van der Waals surface area contributed by atoms with Crippen LogP contribution in [0.25, 0.3) is 11.1 Å². The van der Waals surface area contributed by atoms with Crippen LogP contribution in [0.1, 0.15) is 48.7 Å². The average Bonchev–Trinajstić information content (AvgIpc) is 2.72. The molecular weight excluding hydrogens is 274 g/mol. The van der Waals surface area contributed by atoms with Crippen LogP contribution in [0.15, 0.2) is 6.20 Å². The Bertz CT molecular complexity index is 751. The normalized spacial score (nSPS) is 14.2. The largest absolute Gasteiger partial charge is 0.383 e. The topological polar surface area (TPSA) is 80.5 Å². The van der Waals surface area contributed by atoms with E-state index in [1.165, 1.54) is 12.0 Å². The number of nitriles is 1. The molecule has 0 aromatic carbocycles. The number of rotatable bonds is 2. The van der Waals surface area contributed by atoms with Crippen molar-refractivity contribution in [3.05, 3.63) is 28.7 Å². The molecule has 0 bridgehead atoms. The van der Waals surface area contributed by atoms with E-state index >= 15 is 0 Å². The molecule has 0 spiro atoms. The third-order valence-corrected chi connectivity index (χ3v) is 4.40. The van der Waals surface area contributed by atoms with Gasteiger partial charge < -0.3 is 5.73 Å². The molecule has 0 amide bonds. The number of anilines is 1. The molecule has 22 heavy (non-hydrogen) atoms. The van der Waals surface area contributed by atoms with Crippen LogP contribution in [0.4, 0.5) is 5.82 Å². The van der Waals surface area contributed by atoms with Gasteiger partial charge in [0.15, 0.2) is 0 Å². The maximum atomic E-state index is 9.59. The lowest BCUT2D eigenvalue weighted by Crippen LogP contribution is -2.07. The summed E-state index contributed by atoms with van der Waals surface area (Å²) in [5, 5.41) is 14.1. The number of hydrogen-bond acceptors (Lipinski definition) is 4. The molecule has 0 aliphatic heterocycles. The highest BCUT2D eigenvalue weighted by atomic mass is 15.3. The molecule has 5 nitrogen and oxygen atoms in total. The molecule has 0 radical (unpaired) electrons. The summed E-state index contributed by atoms with van der Waals surface area (Å²) in [6, 6.07) is 2.26. The zero-order chi connectivity index (χ0) is 15.7. The highest BCUT2D eigenvalue weighted by Gasteiger charge is 2.23. The summed E-state index contributed by atoms with van der Waals surface area (Å²) >= 11 is 0. The van der Waals surface area contributed by atoms with E-state index in [2.05, 4.69) is 23.1 Å². The number of nitrogens with zero attached hydrogens (tertiary/aromatic N) is 4. The molecule has 0 fully saturated rings.